The van der Waals surface area contributed by atoms with Gasteiger partial charge in [-0.05, 0) is 66.7 Å². The van der Waals surface area contributed by atoms with Crippen LogP contribution in [0.25, 0.3) is 110 Å². The quantitative estimate of drug-likeness (QED) is 0.183. The van der Waals surface area contributed by atoms with Crippen LogP contribution in [-0.4, -0.2) is 19.1 Å². The molecular weight excluding hydrogens is 673 g/mol. The molecular formula is C50H30N4O. The lowest BCUT2D eigenvalue weighted by molar-refractivity contribution is 0.669. The Morgan fingerprint density at radius 1 is 0.364 bits per heavy atom. The van der Waals surface area contributed by atoms with E-state index in [4.69, 9.17) is 14.4 Å². The first-order valence-corrected chi connectivity index (χ1v) is 18.6. The monoisotopic (exact) mass is 702 g/mol. The topological polar surface area (TPSA) is 48.8 Å². The molecule has 0 saturated carbocycles. The standard InChI is InChI=1S/C50H30N4O/c1-3-13-31(14-4-1)46-39-18-7-10-20-41(39)51-50(52-46)32-23-25-34(26-24-32)54-47-37(29-30-44-45(47)40-19-9-12-22-43(40)55-44)38-28-27-36-35-17-8-11-21-42(35)53(48(36)49(38)54)33-15-5-2-6-16-33/h1-30H. The van der Waals surface area contributed by atoms with Crippen molar-refractivity contribution < 1.29 is 4.42 Å². The second kappa shape index (κ2) is 11.5. The van der Waals surface area contributed by atoms with Crippen LogP contribution in [0, 0.1) is 0 Å². The molecule has 0 unspecified atom stereocenters. The lowest BCUT2D eigenvalue weighted by Gasteiger charge is -2.14. The summed E-state index contributed by atoms with van der Waals surface area (Å²) in [6, 6.07) is 64.1. The Kier molecular flexibility index (Phi) is 6.27. The van der Waals surface area contributed by atoms with Gasteiger partial charge < -0.3 is 13.6 Å². The Balaban J connectivity index is 1.19. The average Bonchev–Trinajstić information content (AvgIpc) is 3.92. The molecule has 55 heavy (non-hydrogen) atoms. The fourth-order valence-electron chi connectivity index (χ4n) is 8.73. The average molecular weight is 703 g/mol. The Bertz CT molecular complexity index is 3470. The molecule has 0 saturated heterocycles. The fraction of sp³-hybridized carbons (Fsp3) is 0. The van der Waals surface area contributed by atoms with Crippen molar-refractivity contribution in [1.29, 1.82) is 0 Å². The molecule has 4 heterocycles. The number of hydrogen-bond acceptors (Lipinski definition) is 3. The smallest absolute Gasteiger partial charge is 0.160 e. The van der Waals surface area contributed by atoms with Gasteiger partial charge in [-0.15, -0.1) is 0 Å². The third-order valence-corrected chi connectivity index (χ3v) is 11.1. The maximum atomic E-state index is 6.50. The van der Waals surface area contributed by atoms with Crippen LogP contribution in [0.1, 0.15) is 0 Å². The number of nitrogens with zero attached hydrogens (tertiary/aromatic N) is 4. The SMILES string of the molecule is c1ccc(-c2nc(-c3ccc(-n4c5c(ccc6oc7ccccc7c65)c5ccc6c7ccccc7n(-c7ccccc7)c6c54)cc3)nc3ccccc23)cc1. The van der Waals surface area contributed by atoms with Crippen LogP contribution in [0.2, 0.25) is 0 Å². The van der Waals surface area contributed by atoms with E-state index in [2.05, 4.69) is 167 Å². The third-order valence-electron chi connectivity index (χ3n) is 11.1. The summed E-state index contributed by atoms with van der Waals surface area (Å²) in [5.41, 5.74) is 12.4. The molecule has 0 atom stereocenters. The minimum Gasteiger partial charge on any atom is -0.456 e. The summed E-state index contributed by atoms with van der Waals surface area (Å²) in [6.45, 7) is 0. The summed E-state index contributed by atoms with van der Waals surface area (Å²) < 4.78 is 11.4. The lowest BCUT2D eigenvalue weighted by Crippen LogP contribution is -1.99. The Hall–Kier alpha value is -7.50. The lowest BCUT2D eigenvalue weighted by atomic mass is 10.1. The number of para-hydroxylation sites is 4. The highest BCUT2D eigenvalue weighted by Crippen LogP contribution is 2.45. The van der Waals surface area contributed by atoms with Gasteiger partial charge >= 0.3 is 0 Å². The molecule has 0 radical (unpaired) electrons. The van der Waals surface area contributed by atoms with Crippen LogP contribution in [-0.2, 0) is 0 Å². The molecule has 12 rings (SSSR count). The van der Waals surface area contributed by atoms with Gasteiger partial charge in [-0.2, -0.15) is 0 Å². The molecule has 0 aliphatic carbocycles. The Morgan fingerprint density at radius 3 is 1.78 bits per heavy atom. The van der Waals surface area contributed by atoms with Crippen molar-refractivity contribution in [1.82, 2.24) is 19.1 Å². The molecule has 4 aromatic heterocycles. The summed E-state index contributed by atoms with van der Waals surface area (Å²) in [7, 11) is 0. The molecule has 5 heteroatoms. The summed E-state index contributed by atoms with van der Waals surface area (Å²) >= 11 is 0. The molecule has 8 aromatic carbocycles. The number of aromatic nitrogens is 4. The van der Waals surface area contributed by atoms with Crippen molar-refractivity contribution in [3.05, 3.63) is 182 Å². The largest absolute Gasteiger partial charge is 0.456 e. The van der Waals surface area contributed by atoms with E-state index in [-0.39, 0.29) is 0 Å². The number of fused-ring (bicyclic) bond motifs is 12. The Labute approximate surface area is 315 Å². The van der Waals surface area contributed by atoms with E-state index < -0.39 is 0 Å². The summed E-state index contributed by atoms with van der Waals surface area (Å²) in [5, 5.41) is 8.03. The zero-order valence-corrected chi connectivity index (χ0v) is 29.5. The van der Waals surface area contributed by atoms with E-state index in [9.17, 15) is 0 Å². The highest BCUT2D eigenvalue weighted by molar-refractivity contribution is 6.29. The van der Waals surface area contributed by atoms with Crippen LogP contribution in [0.15, 0.2) is 186 Å². The predicted octanol–water partition coefficient (Wildman–Crippen LogP) is 13.1. The zero-order chi connectivity index (χ0) is 36.0. The molecule has 0 aliphatic heterocycles. The summed E-state index contributed by atoms with van der Waals surface area (Å²) in [5.74, 6) is 0.695. The van der Waals surface area contributed by atoms with Crippen molar-refractivity contribution in [3.63, 3.8) is 0 Å². The van der Waals surface area contributed by atoms with Gasteiger partial charge in [0.15, 0.2) is 5.82 Å². The highest BCUT2D eigenvalue weighted by Gasteiger charge is 2.24. The molecule has 0 aliphatic rings. The van der Waals surface area contributed by atoms with Crippen LogP contribution in [0.5, 0.6) is 0 Å². The highest BCUT2D eigenvalue weighted by atomic mass is 16.3. The van der Waals surface area contributed by atoms with E-state index >= 15 is 0 Å². The minimum atomic E-state index is 0.695. The summed E-state index contributed by atoms with van der Waals surface area (Å²) in [6.07, 6.45) is 0. The van der Waals surface area contributed by atoms with Crippen LogP contribution in [0.3, 0.4) is 0 Å². The van der Waals surface area contributed by atoms with E-state index in [0.29, 0.717) is 5.82 Å². The predicted molar refractivity (Wildman–Crippen MR) is 226 cm³/mol. The first kappa shape index (κ1) is 30.0. The van der Waals surface area contributed by atoms with Gasteiger partial charge in [0.05, 0.1) is 38.7 Å². The molecule has 5 nitrogen and oxygen atoms in total. The van der Waals surface area contributed by atoms with Gasteiger partial charge in [0, 0.05) is 54.8 Å². The summed E-state index contributed by atoms with van der Waals surface area (Å²) in [4.78, 5) is 10.2. The molecule has 0 spiro atoms. The minimum absolute atomic E-state index is 0.695. The van der Waals surface area contributed by atoms with Crippen molar-refractivity contribution in [2.75, 3.05) is 0 Å². The van der Waals surface area contributed by atoms with Gasteiger partial charge in [0.2, 0.25) is 0 Å². The Morgan fingerprint density at radius 2 is 0.964 bits per heavy atom. The number of hydrogen-bond donors (Lipinski definition) is 0. The van der Waals surface area contributed by atoms with Crippen LogP contribution in [0.4, 0.5) is 0 Å². The molecule has 0 bridgehead atoms. The first-order valence-electron chi connectivity index (χ1n) is 18.6. The number of rotatable bonds is 4. The number of benzene rings is 8. The van der Waals surface area contributed by atoms with Gasteiger partial charge in [-0.25, -0.2) is 9.97 Å². The zero-order valence-electron chi connectivity index (χ0n) is 29.5. The van der Waals surface area contributed by atoms with E-state index in [1.54, 1.807) is 0 Å². The van der Waals surface area contributed by atoms with Crippen molar-refractivity contribution in [2.24, 2.45) is 0 Å². The maximum absolute atomic E-state index is 6.50. The van der Waals surface area contributed by atoms with Crippen molar-refractivity contribution in [3.8, 4) is 34.0 Å². The van der Waals surface area contributed by atoms with Crippen molar-refractivity contribution >= 4 is 76.5 Å². The van der Waals surface area contributed by atoms with Gasteiger partial charge in [-0.1, -0.05) is 115 Å². The first-order chi connectivity index (χ1) is 27.3. The number of furan rings is 1. The van der Waals surface area contributed by atoms with E-state index in [1.165, 1.54) is 27.1 Å². The molecule has 256 valence electrons. The van der Waals surface area contributed by atoms with Crippen LogP contribution < -0.4 is 0 Å². The van der Waals surface area contributed by atoms with Crippen molar-refractivity contribution in [2.45, 2.75) is 0 Å². The van der Waals surface area contributed by atoms with Gasteiger partial charge in [-0.3, -0.25) is 0 Å². The maximum Gasteiger partial charge on any atom is 0.160 e. The molecule has 12 aromatic rings. The molecule has 0 fully saturated rings. The second-order valence-corrected chi connectivity index (χ2v) is 14.1. The normalized spacial score (nSPS) is 12.0. The van der Waals surface area contributed by atoms with Gasteiger partial charge in [0.1, 0.15) is 11.2 Å². The van der Waals surface area contributed by atoms with Gasteiger partial charge in [0.25, 0.3) is 0 Å². The van der Waals surface area contributed by atoms with E-state index in [0.717, 1.165) is 77.6 Å². The molecule has 0 N–H and O–H groups in total. The second-order valence-electron chi connectivity index (χ2n) is 14.1. The van der Waals surface area contributed by atoms with E-state index in [1.807, 2.05) is 24.3 Å². The van der Waals surface area contributed by atoms with Crippen LogP contribution >= 0.6 is 0 Å². The fourth-order valence-corrected chi connectivity index (χ4v) is 8.73. The molecule has 0 amide bonds. The third kappa shape index (κ3) is 4.35.